The number of pyridine rings is 2. The first-order chi connectivity index (χ1) is 10.8. The predicted molar refractivity (Wildman–Crippen MR) is 80.0 cm³/mol. The molecular formula is C16H17N3O3. The molecule has 1 aliphatic heterocycles. The zero-order valence-corrected chi connectivity index (χ0v) is 12.3. The molecule has 3 heterocycles. The van der Waals surface area contributed by atoms with Gasteiger partial charge in [-0.25, -0.2) is 9.97 Å². The fourth-order valence-electron chi connectivity index (χ4n) is 2.41. The zero-order valence-electron chi connectivity index (χ0n) is 12.3. The lowest BCUT2D eigenvalue weighted by atomic mass is 10.2. The molecule has 0 N–H and O–H groups in total. The average molecular weight is 299 g/mol. The van der Waals surface area contributed by atoms with E-state index in [1.54, 1.807) is 30.3 Å². The van der Waals surface area contributed by atoms with Crippen LogP contribution in [0.5, 0.6) is 11.8 Å². The molecule has 0 aliphatic carbocycles. The minimum atomic E-state index is -0.0396. The fraction of sp³-hybridized carbons (Fsp3) is 0.312. The molecule has 6 nitrogen and oxygen atoms in total. The lowest BCUT2D eigenvalue weighted by Crippen LogP contribution is -2.31. The summed E-state index contributed by atoms with van der Waals surface area (Å²) in [7, 11) is 1.55. The Morgan fingerprint density at radius 3 is 2.82 bits per heavy atom. The summed E-state index contributed by atoms with van der Waals surface area (Å²) in [5.74, 6) is 1.05. The van der Waals surface area contributed by atoms with E-state index in [0.717, 1.165) is 6.42 Å². The Hall–Kier alpha value is -2.63. The molecule has 114 valence electrons. The number of ether oxygens (including phenoxy) is 2. The number of hydrogen-bond donors (Lipinski definition) is 0. The topological polar surface area (TPSA) is 64.5 Å². The van der Waals surface area contributed by atoms with Gasteiger partial charge in [0.25, 0.3) is 5.91 Å². The van der Waals surface area contributed by atoms with Crippen LogP contribution in [-0.4, -0.2) is 47.1 Å². The Morgan fingerprint density at radius 2 is 2.14 bits per heavy atom. The van der Waals surface area contributed by atoms with Crippen molar-refractivity contribution in [2.75, 3.05) is 20.2 Å². The van der Waals surface area contributed by atoms with Gasteiger partial charge < -0.3 is 14.4 Å². The average Bonchev–Trinajstić information content (AvgIpc) is 3.04. The van der Waals surface area contributed by atoms with Gasteiger partial charge in [-0.3, -0.25) is 4.79 Å². The lowest BCUT2D eigenvalue weighted by Gasteiger charge is -2.17. The highest BCUT2D eigenvalue weighted by Gasteiger charge is 2.28. The Kier molecular flexibility index (Phi) is 4.18. The molecule has 2 aromatic heterocycles. The molecule has 0 bridgehead atoms. The van der Waals surface area contributed by atoms with Crippen molar-refractivity contribution in [3.63, 3.8) is 0 Å². The molecular weight excluding hydrogens is 282 g/mol. The number of amides is 1. The molecule has 3 rings (SSSR count). The van der Waals surface area contributed by atoms with Gasteiger partial charge in [0.15, 0.2) is 0 Å². The molecule has 2 aromatic rings. The number of aromatic nitrogens is 2. The van der Waals surface area contributed by atoms with Crippen LogP contribution in [0.4, 0.5) is 0 Å². The standard InChI is InChI=1S/C16H17N3O3/c1-21-14-6-5-12(10-18-14)16(20)19-9-7-13(11-19)22-15-4-2-3-8-17-15/h2-6,8,10,13H,7,9,11H2,1H3. The summed E-state index contributed by atoms with van der Waals surface area (Å²) >= 11 is 0. The summed E-state index contributed by atoms with van der Waals surface area (Å²) in [6, 6.07) is 8.95. The maximum atomic E-state index is 12.4. The molecule has 6 heteroatoms. The monoisotopic (exact) mass is 299 g/mol. The molecule has 1 unspecified atom stereocenters. The van der Waals surface area contributed by atoms with Gasteiger partial charge in [-0.2, -0.15) is 0 Å². The Balaban J connectivity index is 1.60. The summed E-state index contributed by atoms with van der Waals surface area (Å²) in [5.41, 5.74) is 0.555. The van der Waals surface area contributed by atoms with Crippen molar-refractivity contribution in [2.24, 2.45) is 0 Å². The number of methoxy groups -OCH3 is 1. The van der Waals surface area contributed by atoms with Gasteiger partial charge in [-0.05, 0) is 12.1 Å². The quantitative estimate of drug-likeness (QED) is 0.861. The summed E-state index contributed by atoms with van der Waals surface area (Å²) in [5, 5.41) is 0. The summed E-state index contributed by atoms with van der Waals surface area (Å²) in [4.78, 5) is 22.4. The van der Waals surface area contributed by atoms with E-state index >= 15 is 0 Å². The molecule has 1 aliphatic rings. The maximum absolute atomic E-state index is 12.4. The number of hydrogen-bond acceptors (Lipinski definition) is 5. The van der Waals surface area contributed by atoms with Gasteiger partial charge in [0.05, 0.1) is 19.2 Å². The zero-order chi connectivity index (χ0) is 15.4. The number of carbonyl (C=O) groups excluding carboxylic acids is 1. The Labute approximate surface area is 128 Å². The number of likely N-dealkylation sites (tertiary alicyclic amines) is 1. The number of nitrogens with zero attached hydrogens (tertiary/aromatic N) is 3. The summed E-state index contributed by atoms with van der Waals surface area (Å²) in [6.07, 6.45) is 4.00. The van der Waals surface area contributed by atoms with Crippen molar-refractivity contribution < 1.29 is 14.3 Å². The van der Waals surface area contributed by atoms with E-state index in [9.17, 15) is 4.79 Å². The molecule has 22 heavy (non-hydrogen) atoms. The Bertz CT molecular complexity index is 631. The van der Waals surface area contributed by atoms with E-state index in [1.165, 1.54) is 6.20 Å². The van der Waals surface area contributed by atoms with Gasteiger partial charge in [-0.1, -0.05) is 6.07 Å². The minimum Gasteiger partial charge on any atom is -0.481 e. The highest BCUT2D eigenvalue weighted by Crippen LogP contribution is 2.18. The first-order valence-electron chi connectivity index (χ1n) is 7.13. The largest absolute Gasteiger partial charge is 0.481 e. The molecule has 0 radical (unpaired) electrons. The van der Waals surface area contributed by atoms with Crippen molar-refractivity contribution >= 4 is 5.91 Å². The van der Waals surface area contributed by atoms with E-state index in [1.807, 2.05) is 18.2 Å². The van der Waals surface area contributed by atoms with E-state index < -0.39 is 0 Å². The van der Waals surface area contributed by atoms with Crippen molar-refractivity contribution in [1.29, 1.82) is 0 Å². The second-order valence-corrected chi connectivity index (χ2v) is 5.04. The van der Waals surface area contributed by atoms with Crippen molar-refractivity contribution in [3.8, 4) is 11.8 Å². The van der Waals surface area contributed by atoms with Gasteiger partial charge >= 0.3 is 0 Å². The molecule has 1 fully saturated rings. The van der Waals surface area contributed by atoms with Crippen LogP contribution in [-0.2, 0) is 0 Å². The van der Waals surface area contributed by atoms with Crippen molar-refractivity contribution in [3.05, 3.63) is 48.3 Å². The predicted octanol–water partition coefficient (Wildman–Crippen LogP) is 1.78. The van der Waals surface area contributed by atoms with E-state index in [4.69, 9.17) is 9.47 Å². The number of carbonyl (C=O) groups is 1. The van der Waals surface area contributed by atoms with Crippen LogP contribution < -0.4 is 9.47 Å². The second kappa shape index (κ2) is 6.43. The maximum Gasteiger partial charge on any atom is 0.255 e. The molecule has 1 amide bonds. The normalized spacial score (nSPS) is 17.3. The third-order valence-corrected chi connectivity index (χ3v) is 3.55. The highest BCUT2D eigenvalue weighted by atomic mass is 16.5. The highest BCUT2D eigenvalue weighted by molar-refractivity contribution is 5.94. The summed E-state index contributed by atoms with van der Waals surface area (Å²) in [6.45, 7) is 1.23. The Morgan fingerprint density at radius 1 is 1.23 bits per heavy atom. The van der Waals surface area contributed by atoms with Crippen LogP contribution >= 0.6 is 0 Å². The SMILES string of the molecule is COc1ccc(C(=O)N2CCC(Oc3ccccn3)C2)cn1. The van der Waals surface area contributed by atoms with Gasteiger partial charge in [0.2, 0.25) is 11.8 Å². The van der Waals surface area contributed by atoms with E-state index in [-0.39, 0.29) is 12.0 Å². The van der Waals surface area contributed by atoms with Crippen molar-refractivity contribution in [1.82, 2.24) is 14.9 Å². The summed E-state index contributed by atoms with van der Waals surface area (Å²) < 4.78 is 10.8. The third kappa shape index (κ3) is 3.16. The van der Waals surface area contributed by atoms with E-state index in [0.29, 0.717) is 30.4 Å². The van der Waals surface area contributed by atoms with Gasteiger partial charge in [0.1, 0.15) is 6.10 Å². The first-order valence-corrected chi connectivity index (χ1v) is 7.13. The van der Waals surface area contributed by atoms with Crippen LogP contribution in [0.15, 0.2) is 42.7 Å². The molecule has 0 aromatic carbocycles. The third-order valence-electron chi connectivity index (χ3n) is 3.55. The number of rotatable bonds is 4. The lowest BCUT2D eigenvalue weighted by molar-refractivity contribution is 0.0770. The minimum absolute atomic E-state index is 0.0231. The van der Waals surface area contributed by atoms with Crippen LogP contribution in [0.25, 0.3) is 0 Å². The second-order valence-electron chi connectivity index (χ2n) is 5.04. The van der Waals surface area contributed by atoms with Crippen LogP contribution in [0.1, 0.15) is 16.8 Å². The first kappa shape index (κ1) is 14.3. The van der Waals surface area contributed by atoms with Gasteiger partial charge in [0, 0.05) is 37.5 Å². The molecule has 0 saturated carbocycles. The molecule has 0 spiro atoms. The molecule has 1 saturated heterocycles. The van der Waals surface area contributed by atoms with E-state index in [2.05, 4.69) is 9.97 Å². The molecule has 1 atom stereocenters. The van der Waals surface area contributed by atoms with Gasteiger partial charge in [-0.15, -0.1) is 0 Å². The smallest absolute Gasteiger partial charge is 0.255 e. The van der Waals surface area contributed by atoms with Crippen LogP contribution in [0.3, 0.4) is 0 Å². The van der Waals surface area contributed by atoms with Crippen LogP contribution in [0, 0.1) is 0 Å². The fourth-order valence-corrected chi connectivity index (χ4v) is 2.41. The van der Waals surface area contributed by atoms with Crippen LogP contribution in [0.2, 0.25) is 0 Å². The van der Waals surface area contributed by atoms with Crippen molar-refractivity contribution in [2.45, 2.75) is 12.5 Å².